The molecule has 0 radical (unpaired) electrons. The Kier molecular flexibility index (Phi) is 11.7. The second-order valence-corrected chi connectivity index (χ2v) is 14.7. The lowest BCUT2D eigenvalue weighted by atomic mass is 10.00. The Labute approximate surface area is 332 Å². The van der Waals surface area contributed by atoms with E-state index < -0.39 is 16.5 Å². The number of nitrogens with zero attached hydrogens (tertiary/aromatic N) is 8. The van der Waals surface area contributed by atoms with Gasteiger partial charge >= 0.3 is 5.82 Å². The average molecular weight is 802 g/mol. The van der Waals surface area contributed by atoms with Crippen molar-refractivity contribution in [2.45, 2.75) is 25.8 Å². The molecule has 15 nitrogen and oxygen atoms in total. The van der Waals surface area contributed by atoms with Crippen LogP contribution < -0.4 is 20.3 Å². The first-order valence-electron chi connectivity index (χ1n) is 17.5. The molecule has 1 atom stereocenters. The Morgan fingerprint density at radius 2 is 1.86 bits per heavy atom. The molecule has 0 aliphatic carbocycles. The van der Waals surface area contributed by atoms with Crippen molar-refractivity contribution >= 4 is 58.0 Å². The predicted octanol–water partition coefficient (Wildman–Crippen LogP) is 6.58. The van der Waals surface area contributed by atoms with Crippen molar-refractivity contribution in [2.75, 3.05) is 46.7 Å². The van der Waals surface area contributed by atoms with Gasteiger partial charge in [-0.2, -0.15) is 10.1 Å². The zero-order valence-electron chi connectivity index (χ0n) is 31.6. The fourth-order valence-corrected chi connectivity index (χ4v) is 7.30. The number of carbonyl (C=O) groups is 1. The smallest absolute Gasteiger partial charge is 0.368 e. The number of aromatic nitrogens is 5. The minimum Gasteiger partial charge on any atom is -0.495 e. The van der Waals surface area contributed by atoms with Crippen LogP contribution in [0.25, 0.3) is 22.2 Å². The number of benzene rings is 2. The third-order valence-corrected chi connectivity index (χ3v) is 10.1. The van der Waals surface area contributed by atoms with Gasteiger partial charge in [-0.3, -0.25) is 18.8 Å². The second-order valence-electron chi connectivity index (χ2n) is 13.9. The van der Waals surface area contributed by atoms with Crippen molar-refractivity contribution in [3.8, 4) is 22.6 Å². The first kappa shape index (κ1) is 39.8. The number of carbonyl (C=O) groups excluding carboxylic acids is 1. The monoisotopic (exact) mass is 800 g/mol. The van der Waals surface area contributed by atoms with Crippen LogP contribution in [-0.4, -0.2) is 87.1 Å². The highest BCUT2D eigenvalue weighted by Crippen LogP contribution is 2.45. The van der Waals surface area contributed by atoms with Crippen LogP contribution in [0.15, 0.2) is 88.2 Å². The van der Waals surface area contributed by atoms with Crippen LogP contribution in [0, 0.1) is 10.1 Å². The summed E-state index contributed by atoms with van der Waals surface area (Å²) in [5.41, 5.74) is 2.43. The van der Waals surface area contributed by atoms with E-state index in [1.165, 1.54) is 20.3 Å². The number of fused-ring (bicyclic) bond motifs is 1. The number of methoxy groups -OCH3 is 2. The summed E-state index contributed by atoms with van der Waals surface area (Å²) in [5, 5.41) is 19.6. The number of anilines is 2. The van der Waals surface area contributed by atoms with Gasteiger partial charge in [0.25, 0.3) is 5.56 Å². The fourth-order valence-electron chi connectivity index (χ4n) is 6.60. The minimum absolute atomic E-state index is 0.102. The molecule has 1 N–H and O–H groups in total. The molecule has 6 rings (SSSR count). The molecule has 0 amide bonds. The Morgan fingerprint density at radius 1 is 1.12 bits per heavy atom. The third kappa shape index (κ3) is 8.49. The zero-order chi connectivity index (χ0) is 40.3. The number of hydrogen-bond acceptors (Lipinski definition) is 11. The number of aryl methyl sites for hydroxylation is 1. The van der Waals surface area contributed by atoms with Crippen LogP contribution in [0.5, 0.6) is 11.5 Å². The number of nitrogens with one attached hydrogen (secondary N) is 1. The number of nitro groups is 1. The lowest BCUT2D eigenvalue weighted by Crippen LogP contribution is -2.41. The predicted molar refractivity (Wildman–Crippen MR) is 216 cm³/mol. The van der Waals surface area contributed by atoms with Crippen molar-refractivity contribution in [1.29, 1.82) is 0 Å². The number of quaternary nitrogens is 1. The Morgan fingerprint density at radius 3 is 2.52 bits per heavy atom. The summed E-state index contributed by atoms with van der Waals surface area (Å²) in [5.74, 6) is 1.06. The van der Waals surface area contributed by atoms with Crippen molar-refractivity contribution in [3.63, 3.8) is 0 Å². The quantitative estimate of drug-likeness (QED) is 0.0529. The van der Waals surface area contributed by atoms with Crippen LogP contribution in [0.4, 0.5) is 11.8 Å². The number of pyridine rings is 1. The molecule has 1 aliphatic rings. The van der Waals surface area contributed by atoms with E-state index in [4.69, 9.17) is 37.7 Å². The molecule has 0 spiro atoms. The number of likely N-dealkylation sites (N-methyl/N-ethyl adjacent to an activating group) is 1. The van der Waals surface area contributed by atoms with Crippen LogP contribution in [0.1, 0.15) is 30.5 Å². The molecule has 290 valence electrons. The van der Waals surface area contributed by atoms with Crippen LogP contribution in [-0.2, 0) is 18.3 Å². The molecule has 0 fully saturated rings. The largest absolute Gasteiger partial charge is 0.495 e. The number of halogens is 2. The summed E-state index contributed by atoms with van der Waals surface area (Å²) in [4.78, 5) is 52.0. The fraction of sp³-hybridized carbons (Fsp3) is 0.282. The summed E-state index contributed by atoms with van der Waals surface area (Å²) in [6, 6.07) is 11.8. The second kappa shape index (κ2) is 16.5. The normalized spacial score (nSPS) is 13.5. The van der Waals surface area contributed by atoms with Gasteiger partial charge in [0.15, 0.2) is 11.6 Å². The van der Waals surface area contributed by atoms with E-state index in [2.05, 4.69) is 20.4 Å². The summed E-state index contributed by atoms with van der Waals surface area (Å²) in [6.07, 6.45) is 8.79. The maximum absolute atomic E-state index is 14.8. The highest BCUT2D eigenvalue weighted by molar-refractivity contribution is 6.41. The van der Waals surface area contributed by atoms with Gasteiger partial charge in [-0.1, -0.05) is 52.5 Å². The van der Waals surface area contributed by atoms with Crippen molar-refractivity contribution in [3.05, 3.63) is 120 Å². The van der Waals surface area contributed by atoms with E-state index in [9.17, 15) is 19.7 Å². The molecule has 2 aromatic carbocycles. The molecule has 0 bridgehead atoms. The molecule has 0 saturated heterocycles. The van der Waals surface area contributed by atoms with Gasteiger partial charge in [-0.25, -0.2) is 4.98 Å². The Hall–Kier alpha value is -5.90. The molecule has 5 aromatic rings. The van der Waals surface area contributed by atoms with Crippen molar-refractivity contribution < 1.29 is 23.7 Å². The maximum Gasteiger partial charge on any atom is 0.368 e. The van der Waals surface area contributed by atoms with E-state index in [0.29, 0.717) is 46.4 Å². The molecule has 56 heavy (non-hydrogen) atoms. The molecule has 1 aliphatic heterocycles. The van der Waals surface area contributed by atoms with Gasteiger partial charge in [0.05, 0.1) is 62.1 Å². The molecule has 4 heterocycles. The van der Waals surface area contributed by atoms with Gasteiger partial charge in [-0.05, 0) is 41.2 Å². The van der Waals surface area contributed by atoms with Gasteiger partial charge in [0.1, 0.15) is 29.9 Å². The summed E-state index contributed by atoms with van der Waals surface area (Å²) < 4.78 is 14.6. The summed E-state index contributed by atoms with van der Waals surface area (Å²) in [6.45, 7) is 2.78. The lowest BCUT2D eigenvalue weighted by Gasteiger charge is -2.28. The number of hydrogen-bond donors (Lipinski definition) is 1. The Bertz CT molecular complexity index is 2480. The molecule has 17 heteroatoms. The van der Waals surface area contributed by atoms with E-state index in [0.717, 1.165) is 11.1 Å². The SMILES string of the molecule is COc1cc(OC)c(Cl)c(-c2cc3cnc(Nc4ccn(C)n4)nc3n(C(C)c3cccc(CC(=O)/C=C/C[N+](C)(C)CC4=C([N+](=O)[O-])N=CC4)c3)c2=O)c1Cl. The number of rotatable bonds is 15. The number of allylic oxidation sites excluding steroid dienone is 1. The minimum atomic E-state index is -0.603. The molecular weight excluding hydrogens is 761 g/mol. The van der Waals surface area contributed by atoms with Crippen LogP contribution >= 0.6 is 23.2 Å². The standard InChI is InChI=1S/C39H39Cl2N9O6/c1-23(25-10-7-9-24(17-25)18-28(51)11-8-16-50(3,4)22-26-12-14-42-36(26)49(53)54)48-37-27(21-43-39(45-37)44-32-13-15-47(2)46-32)19-29(38(48)52)33-34(40)30(55-5)20-31(56-6)35(33)41/h7-11,13-15,17,19-21,23H,12,16,18,22H2,1-6H3/p+1/b11-8+. The number of aliphatic imine (C=N–C) groups is 1. The van der Waals surface area contributed by atoms with Gasteiger partial charge in [0, 0.05) is 55.4 Å². The third-order valence-electron chi connectivity index (χ3n) is 9.33. The van der Waals surface area contributed by atoms with Gasteiger partial charge in [0.2, 0.25) is 5.95 Å². The van der Waals surface area contributed by atoms with E-state index in [1.54, 1.807) is 59.2 Å². The van der Waals surface area contributed by atoms with Gasteiger partial charge < -0.3 is 29.4 Å². The van der Waals surface area contributed by atoms with E-state index in [-0.39, 0.29) is 56.6 Å². The maximum atomic E-state index is 14.8. The van der Waals surface area contributed by atoms with E-state index >= 15 is 0 Å². The number of ketones is 1. The van der Waals surface area contributed by atoms with Crippen LogP contribution in [0.3, 0.4) is 0 Å². The highest BCUT2D eigenvalue weighted by atomic mass is 35.5. The molecule has 3 aromatic heterocycles. The highest BCUT2D eigenvalue weighted by Gasteiger charge is 2.29. The van der Waals surface area contributed by atoms with Crippen LogP contribution in [0.2, 0.25) is 10.0 Å². The zero-order valence-corrected chi connectivity index (χ0v) is 33.1. The van der Waals surface area contributed by atoms with E-state index in [1.807, 2.05) is 45.3 Å². The summed E-state index contributed by atoms with van der Waals surface area (Å²) >= 11 is 13.6. The summed E-state index contributed by atoms with van der Waals surface area (Å²) in [7, 11) is 8.59. The lowest BCUT2D eigenvalue weighted by molar-refractivity contribution is -0.880. The molecule has 0 saturated carbocycles. The van der Waals surface area contributed by atoms with Gasteiger partial charge in [-0.15, -0.1) is 0 Å². The average Bonchev–Trinajstić information content (AvgIpc) is 3.79. The Balaban J connectivity index is 1.34. The topological polar surface area (TPSA) is 169 Å². The number of ether oxygens (including phenoxy) is 2. The van der Waals surface area contributed by atoms with Crippen molar-refractivity contribution in [2.24, 2.45) is 12.0 Å². The first-order valence-corrected chi connectivity index (χ1v) is 18.2. The molecular formula is C39H40Cl2N9O6+. The van der Waals surface area contributed by atoms with Crippen molar-refractivity contribution in [1.82, 2.24) is 24.3 Å². The first-order chi connectivity index (χ1) is 26.7. The molecule has 1 unspecified atom stereocenters.